The fourth-order valence-corrected chi connectivity index (χ4v) is 4.27. The Hall–Kier alpha value is -3.40. The number of nitrogens with zero attached hydrogens (tertiary/aromatic N) is 4. The highest BCUT2D eigenvalue weighted by atomic mass is 32.2. The van der Waals surface area contributed by atoms with Crippen molar-refractivity contribution in [3.05, 3.63) is 69.5 Å². The van der Waals surface area contributed by atoms with Crippen LogP contribution >= 0.6 is 11.8 Å². The van der Waals surface area contributed by atoms with E-state index in [9.17, 15) is 14.9 Å². The van der Waals surface area contributed by atoms with E-state index in [-0.39, 0.29) is 24.0 Å². The molecule has 0 fully saturated rings. The second-order valence-corrected chi connectivity index (χ2v) is 8.47. The smallest absolute Gasteiger partial charge is 0.269 e. The van der Waals surface area contributed by atoms with Gasteiger partial charge in [-0.1, -0.05) is 17.8 Å². The quantitative estimate of drug-likeness (QED) is 0.313. The topological polar surface area (TPSA) is 112 Å². The first kappa shape index (κ1) is 21.8. The van der Waals surface area contributed by atoms with Gasteiger partial charge in [-0.3, -0.25) is 14.9 Å². The van der Waals surface area contributed by atoms with E-state index in [1.54, 1.807) is 0 Å². The van der Waals surface area contributed by atoms with E-state index < -0.39 is 4.92 Å². The Kier molecular flexibility index (Phi) is 6.69. The van der Waals surface area contributed by atoms with Crippen LogP contribution in [-0.4, -0.2) is 31.3 Å². The average Bonchev–Trinajstić information content (AvgIpc) is 3.15. The zero-order valence-corrected chi connectivity index (χ0v) is 18.4. The zero-order chi connectivity index (χ0) is 22.5. The van der Waals surface area contributed by atoms with Gasteiger partial charge in [-0.25, -0.2) is 0 Å². The first-order valence-electron chi connectivity index (χ1n) is 10.3. The lowest BCUT2D eigenvalue weighted by molar-refractivity contribution is -0.384. The van der Waals surface area contributed by atoms with Crippen molar-refractivity contribution in [3.8, 4) is 5.75 Å². The molecule has 1 aliphatic carbocycles. The minimum Gasteiger partial charge on any atom is -0.486 e. The predicted octanol–water partition coefficient (Wildman–Crippen LogP) is 3.91. The number of carbonyl (C=O) groups excluding carboxylic acids is 1. The predicted molar refractivity (Wildman–Crippen MR) is 121 cm³/mol. The third-order valence-electron chi connectivity index (χ3n) is 5.31. The molecule has 166 valence electrons. The van der Waals surface area contributed by atoms with Crippen LogP contribution in [0.4, 0.5) is 11.4 Å². The fraction of sp³-hybridized carbons (Fsp3) is 0.318. The number of carbonyl (C=O) groups is 1. The molecule has 32 heavy (non-hydrogen) atoms. The molecule has 0 atom stereocenters. The molecule has 0 aliphatic heterocycles. The highest BCUT2D eigenvalue weighted by molar-refractivity contribution is 7.99. The van der Waals surface area contributed by atoms with Gasteiger partial charge in [0.1, 0.15) is 12.4 Å². The summed E-state index contributed by atoms with van der Waals surface area (Å²) in [5.74, 6) is 1.39. The Morgan fingerprint density at radius 1 is 1.16 bits per heavy atom. The number of hydrogen-bond donors (Lipinski definition) is 1. The molecule has 3 aromatic rings. The molecule has 0 bridgehead atoms. The van der Waals surface area contributed by atoms with Crippen LogP contribution in [0.3, 0.4) is 0 Å². The van der Waals surface area contributed by atoms with E-state index in [1.165, 1.54) is 60.0 Å². The number of aryl methyl sites for hydroxylation is 2. The maximum atomic E-state index is 12.2. The minimum atomic E-state index is -0.484. The monoisotopic (exact) mass is 453 g/mol. The summed E-state index contributed by atoms with van der Waals surface area (Å²) in [6.45, 7) is 0.290. The minimum absolute atomic E-state index is 0.0263. The number of amides is 1. The van der Waals surface area contributed by atoms with Crippen molar-refractivity contribution >= 4 is 29.0 Å². The van der Waals surface area contributed by atoms with Crippen LogP contribution in [0, 0.1) is 10.1 Å². The molecule has 1 heterocycles. The molecule has 0 unspecified atom stereocenters. The second kappa shape index (κ2) is 9.82. The van der Waals surface area contributed by atoms with E-state index >= 15 is 0 Å². The number of ether oxygens (including phenoxy) is 1. The van der Waals surface area contributed by atoms with Gasteiger partial charge in [0.15, 0.2) is 11.0 Å². The number of rotatable bonds is 8. The molecule has 1 N–H and O–H groups in total. The molecular formula is C22H23N5O4S. The Bertz CT molecular complexity index is 1130. The van der Waals surface area contributed by atoms with E-state index in [4.69, 9.17) is 4.74 Å². The van der Waals surface area contributed by atoms with Crippen molar-refractivity contribution in [2.24, 2.45) is 7.05 Å². The van der Waals surface area contributed by atoms with Gasteiger partial charge in [0.05, 0.1) is 10.7 Å². The summed E-state index contributed by atoms with van der Waals surface area (Å²) in [4.78, 5) is 22.4. The van der Waals surface area contributed by atoms with Crippen molar-refractivity contribution < 1.29 is 14.5 Å². The SMILES string of the molecule is Cn1c(COc2ccc3c(c2)CCCC3)nnc1SCC(=O)Nc1ccc([N+](=O)[O-])cc1. The molecule has 1 aliphatic rings. The summed E-state index contributed by atoms with van der Waals surface area (Å²) < 4.78 is 7.73. The van der Waals surface area contributed by atoms with Crippen LogP contribution in [0.2, 0.25) is 0 Å². The molecule has 10 heteroatoms. The molecule has 0 saturated carbocycles. The van der Waals surface area contributed by atoms with Gasteiger partial charge in [0.2, 0.25) is 5.91 Å². The Morgan fingerprint density at radius 3 is 2.66 bits per heavy atom. The van der Waals surface area contributed by atoms with Gasteiger partial charge < -0.3 is 14.6 Å². The number of non-ortho nitro benzene ring substituents is 1. The molecular weight excluding hydrogens is 430 g/mol. The van der Waals surface area contributed by atoms with Crippen LogP contribution in [0.25, 0.3) is 0 Å². The number of nitro benzene ring substituents is 1. The van der Waals surface area contributed by atoms with E-state index in [2.05, 4.69) is 27.6 Å². The van der Waals surface area contributed by atoms with Crippen molar-refractivity contribution in [1.82, 2.24) is 14.8 Å². The number of benzene rings is 2. The highest BCUT2D eigenvalue weighted by Gasteiger charge is 2.14. The number of anilines is 1. The number of fused-ring (bicyclic) bond motifs is 1. The number of thioether (sulfide) groups is 1. The Balaban J connectivity index is 1.29. The zero-order valence-electron chi connectivity index (χ0n) is 17.6. The molecule has 4 rings (SSSR count). The van der Waals surface area contributed by atoms with Crippen LogP contribution < -0.4 is 10.1 Å². The van der Waals surface area contributed by atoms with Gasteiger partial charge in [-0.05, 0) is 61.1 Å². The molecule has 0 radical (unpaired) electrons. The maximum absolute atomic E-state index is 12.2. The summed E-state index contributed by atoms with van der Waals surface area (Å²) in [6, 6.07) is 12.0. The fourth-order valence-electron chi connectivity index (χ4n) is 3.54. The number of nitro groups is 1. The van der Waals surface area contributed by atoms with Crippen molar-refractivity contribution in [2.75, 3.05) is 11.1 Å². The van der Waals surface area contributed by atoms with Gasteiger partial charge in [0.25, 0.3) is 5.69 Å². The lowest BCUT2D eigenvalue weighted by atomic mass is 9.92. The summed E-state index contributed by atoms with van der Waals surface area (Å²) in [5, 5.41) is 22.3. The molecule has 1 amide bonds. The van der Waals surface area contributed by atoms with Gasteiger partial charge in [0, 0.05) is 24.9 Å². The summed E-state index contributed by atoms with van der Waals surface area (Å²) >= 11 is 1.26. The Labute approximate surface area is 189 Å². The largest absolute Gasteiger partial charge is 0.486 e. The Morgan fingerprint density at radius 2 is 1.91 bits per heavy atom. The second-order valence-electron chi connectivity index (χ2n) is 7.52. The van der Waals surface area contributed by atoms with Crippen LogP contribution in [0.5, 0.6) is 5.75 Å². The number of hydrogen-bond acceptors (Lipinski definition) is 7. The van der Waals surface area contributed by atoms with E-state index in [0.29, 0.717) is 16.7 Å². The van der Waals surface area contributed by atoms with Crippen LogP contribution in [-0.2, 0) is 31.3 Å². The average molecular weight is 454 g/mol. The van der Waals surface area contributed by atoms with E-state index in [1.807, 2.05) is 17.7 Å². The molecule has 0 saturated heterocycles. The summed E-state index contributed by atoms with van der Waals surface area (Å²) in [5.41, 5.74) is 3.25. The number of aromatic nitrogens is 3. The standard InChI is InChI=1S/C22H23N5O4S/c1-26-20(13-31-19-11-6-15-4-2-3-5-16(15)12-19)24-25-22(26)32-14-21(28)23-17-7-9-18(10-8-17)27(29)30/h6-12H,2-5,13-14H2,1H3,(H,23,28). The van der Waals surface area contributed by atoms with Crippen molar-refractivity contribution in [3.63, 3.8) is 0 Å². The third kappa shape index (κ3) is 5.25. The molecule has 0 spiro atoms. The molecule has 9 nitrogen and oxygen atoms in total. The van der Waals surface area contributed by atoms with Crippen LogP contribution in [0.1, 0.15) is 29.8 Å². The number of nitrogens with one attached hydrogen (secondary N) is 1. The maximum Gasteiger partial charge on any atom is 0.269 e. The van der Waals surface area contributed by atoms with Crippen LogP contribution in [0.15, 0.2) is 47.6 Å². The lowest BCUT2D eigenvalue weighted by Gasteiger charge is -2.16. The highest BCUT2D eigenvalue weighted by Crippen LogP contribution is 2.26. The summed E-state index contributed by atoms with van der Waals surface area (Å²) in [6.07, 6.45) is 4.70. The van der Waals surface area contributed by atoms with Crippen molar-refractivity contribution in [2.45, 2.75) is 37.4 Å². The van der Waals surface area contributed by atoms with Crippen molar-refractivity contribution in [1.29, 1.82) is 0 Å². The lowest BCUT2D eigenvalue weighted by Crippen LogP contribution is -2.14. The third-order valence-corrected chi connectivity index (χ3v) is 6.33. The molecule has 2 aromatic carbocycles. The normalized spacial score (nSPS) is 12.8. The first-order chi connectivity index (χ1) is 15.5. The van der Waals surface area contributed by atoms with Gasteiger partial charge in [-0.15, -0.1) is 10.2 Å². The van der Waals surface area contributed by atoms with Gasteiger partial charge in [-0.2, -0.15) is 0 Å². The van der Waals surface area contributed by atoms with Gasteiger partial charge >= 0.3 is 0 Å². The molecule has 1 aromatic heterocycles. The first-order valence-corrected chi connectivity index (χ1v) is 11.3. The summed E-state index contributed by atoms with van der Waals surface area (Å²) in [7, 11) is 1.84. The van der Waals surface area contributed by atoms with E-state index in [0.717, 1.165) is 18.6 Å².